The molecular formula is C21H21ClFN3O4S. The Hall–Kier alpha value is -2.78. The molecule has 7 nitrogen and oxygen atoms in total. The summed E-state index contributed by atoms with van der Waals surface area (Å²) >= 11 is 6.20. The quantitative estimate of drug-likeness (QED) is 0.545. The van der Waals surface area contributed by atoms with Crippen molar-refractivity contribution in [2.75, 3.05) is 0 Å². The first-order valence-electron chi connectivity index (χ1n) is 9.37. The SMILES string of the molecule is Cc1cccc(Cl)c1Oc1nc(CS(=O)(=O)C(C)C)c(F)c(-c2ccc(=O)n(C)c2)n1. The van der Waals surface area contributed by atoms with E-state index in [0.717, 1.165) is 0 Å². The minimum Gasteiger partial charge on any atom is -0.422 e. The van der Waals surface area contributed by atoms with Gasteiger partial charge in [-0.3, -0.25) is 4.79 Å². The molecule has 0 saturated carbocycles. The normalized spacial score (nSPS) is 11.7. The molecule has 3 rings (SSSR count). The van der Waals surface area contributed by atoms with Crippen LogP contribution in [0.2, 0.25) is 5.02 Å². The fraction of sp³-hybridized carbons (Fsp3) is 0.286. The van der Waals surface area contributed by atoms with Crippen molar-refractivity contribution in [1.82, 2.24) is 14.5 Å². The number of nitrogens with zero attached hydrogens (tertiary/aromatic N) is 3. The van der Waals surface area contributed by atoms with E-state index >= 15 is 4.39 Å². The van der Waals surface area contributed by atoms with Crippen molar-refractivity contribution in [1.29, 1.82) is 0 Å². The minimum absolute atomic E-state index is 0.181. The number of hydrogen-bond acceptors (Lipinski definition) is 6. The molecule has 3 aromatic rings. The number of rotatable bonds is 6. The number of aromatic nitrogens is 3. The monoisotopic (exact) mass is 465 g/mol. The second-order valence-electron chi connectivity index (χ2n) is 7.33. The van der Waals surface area contributed by atoms with Crippen LogP contribution in [-0.4, -0.2) is 28.2 Å². The van der Waals surface area contributed by atoms with Crippen molar-refractivity contribution in [2.24, 2.45) is 7.05 Å². The predicted octanol–water partition coefficient (Wildman–Crippen LogP) is 4.06. The first kappa shape index (κ1) is 22.9. The Morgan fingerprint density at radius 1 is 1.19 bits per heavy atom. The van der Waals surface area contributed by atoms with Crippen LogP contribution < -0.4 is 10.3 Å². The van der Waals surface area contributed by atoms with Crippen LogP contribution in [0.1, 0.15) is 25.1 Å². The number of sulfone groups is 1. The fourth-order valence-corrected chi connectivity index (χ4v) is 3.90. The van der Waals surface area contributed by atoms with Gasteiger partial charge in [-0.05, 0) is 38.5 Å². The molecule has 0 radical (unpaired) electrons. The number of ether oxygens (including phenoxy) is 1. The van der Waals surface area contributed by atoms with Gasteiger partial charge >= 0.3 is 6.01 Å². The van der Waals surface area contributed by atoms with Crippen molar-refractivity contribution >= 4 is 21.4 Å². The number of halogens is 2. The molecule has 0 aliphatic heterocycles. The van der Waals surface area contributed by atoms with Gasteiger partial charge in [-0.2, -0.15) is 9.97 Å². The van der Waals surface area contributed by atoms with Gasteiger partial charge in [0.05, 0.1) is 21.7 Å². The minimum atomic E-state index is -3.66. The van der Waals surface area contributed by atoms with E-state index in [4.69, 9.17) is 16.3 Å². The largest absolute Gasteiger partial charge is 0.422 e. The van der Waals surface area contributed by atoms with E-state index in [1.807, 2.05) is 0 Å². The Balaban J connectivity index is 2.20. The van der Waals surface area contributed by atoms with Gasteiger partial charge < -0.3 is 9.30 Å². The first-order chi connectivity index (χ1) is 14.5. The lowest BCUT2D eigenvalue weighted by atomic mass is 10.1. The summed E-state index contributed by atoms with van der Waals surface area (Å²) in [4.78, 5) is 19.9. The summed E-state index contributed by atoms with van der Waals surface area (Å²) < 4.78 is 47.2. The molecule has 1 aromatic carbocycles. The molecule has 0 saturated heterocycles. The second-order valence-corrected chi connectivity index (χ2v) is 10.3. The molecule has 164 valence electrons. The van der Waals surface area contributed by atoms with Crippen LogP contribution >= 0.6 is 11.6 Å². The third kappa shape index (κ3) is 4.94. The lowest BCUT2D eigenvalue weighted by Gasteiger charge is -2.14. The van der Waals surface area contributed by atoms with Gasteiger partial charge in [-0.25, -0.2) is 12.8 Å². The molecule has 0 aliphatic carbocycles. The first-order valence-corrected chi connectivity index (χ1v) is 11.5. The Labute approximate surface area is 184 Å². The standard InChI is InChI=1S/C21H21ClFN3O4S/c1-12(2)31(28,29)11-16-18(23)19(14-8-9-17(27)26(4)10-14)25-21(24-16)30-20-13(3)6-5-7-15(20)22/h5-10,12H,11H2,1-4H3. The van der Waals surface area contributed by atoms with Gasteiger partial charge in [-0.15, -0.1) is 0 Å². The van der Waals surface area contributed by atoms with Crippen molar-refractivity contribution in [3.8, 4) is 23.0 Å². The number of aryl methyl sites for hydroxylation is 2. The van der Waals surface area contributed by atoms with Crippen LogP contribution in [-0.2, 0) is 22.6 Å². The van der Waals surface area contributed by atoms with Crippen molar-refractivity contribution in [3.63, 3.8) is 0 Å². The maximum Gasteiger partial charge on any atom is 0.323 e. The predicted molar refractivity (Wildman–Crippen MR) is 117 cm³/mol. The molecule has 0 bridgehead atoms. The zero-order valence-electron chi connectivity index (χ0n) is 17.4. The van der Waals surface area contributed by atoms with Crippen molar-refractivity contribution in [3.05, 3.63) is 69.0 Å². The lowest BCUT2D eigenvalue weighted by molar-refractivity contribution is 0.431. The van der Waals surface area contributed by atoms with Crippen molar-refractivity contribution < 1.29 is 17.5 Å². The summed E-state index contributed by atoms with van der Waals surface area (Å²) in [6, 6.07) is 7.54. The Kier molecular flexibility index (Phi) is 6.47. The smallest absolute Gasteiger partial charge is 0.323 e. The summed E-state index contributed by atoms with van der Waals surface area (Å²) in [5.74, 6) is -1.25. The molecule has 31 heavy (non-hydrogen) atoms. The van der Waals surface area contributed by atoms with E-state index in [0.29, 0.717) is 10.6 Å². The molecule has 2 heterocycles. The Bertz CT molecular complexity index is 1290. The van der Waals surface area contributed by atoms with Crippen molar-refractivity contribution in [2.45, 2.75) is 31.8 Å². The highest BCUT2D eigenvalue weighted by molar-refractivity contribution is 7.91. The lowest BCUT2D eigenvalue weighted by Crippen LogP contribution is -2.19. The van der Waals surface area contributed by atoms with E-state index in [1.54, 1.807) is 25.1 Å². The van der Waals surface area contributed by atoms with E-state index in [2.05, 4.69) is 9.97 Å². The van der Waals surface area contributed by atoms with Gasteiger partial charge in [-0.1, -0.05) is 23.7 Å². The third-order valence-electron chi connectivity index (χ3n) is 4.67. The Morgan fingerprint density at radius 3 is 2.52 bits per heavy atom. The number of benzene rings is 1. The van der Waals surface area contributed by atoms with E-state index in [1.165, 1.54) is 43.8 Å². The van der Waals surface area contributed by atoms with E-state index < -0.39 is 26.7 Å². The summed E-state index contributed by atoms with van der Waals surface area (Å²) in [6.07, 6.45) is 1.40. The number of para-hydroxylation sites is 1. The Morgan fingerprint density at radius 2 is 1.90 bits per heavy atom. The van der Waals surface area contributed by atoms with Crippen LogP contribution in [0, 0.1) is 12.7 Å². The second kappa shape index (κ2) is 8.76. The van der Waals surface area contributed by atoms with Crippen LogP contribution in [0.25, 0.3) is 11.3 Å². The summed E-state index contributed by atoms with van der Waals surface area (Å²) in [5, 5.41) is -0.425. The van der Waals surface area contributed by atoms with Gasteiger partial charge in [0, 0.05) is 24.9 Å². The maximum atomic E-state index is 15.3. The average molecular weight is 466 g/mol. The third-order valence-corrected chi connectivity index (χ3v) is 7.08. The van der Waals surface area contributed by atoms with Gasteiger partial charge in [0.2, 0.25) is 5.56 Å². The summed E-state index contributed by atoms with van der Waals surface area (Å²) in [7, 11) is -2.15. The highest BCUT2D eigenvalue weighted by Gasteiger charge is 2.25. The molecule has 0 fully saturated rings. The van der Waals surface area contributed by atoms with Crippen LogP contribution in [0.3, 0.4) is 0 Å². The molecule has 0 N–H and O–H groups in total. The zero-order valence-corrected chi connectivity index (χ0v) is 19.0. The molecule has 0 amide bonds. The van der Waals surface area contributed by atoms with Gasteiger partial charge in [0.1, 0.15) is 5.69 Å². The molecule has 0 atom stereocenters. The average Bonchev–Trinajstić information content (AvgIpc) is 2.69. The molecule has 0 spiro atoms. The molecule has 0 aliphatic rings. The molecule has 0 unspecified atom stereocenters. The summed E-state index contributed by atoms with van der Waals surface area (Å²) in [5.41, 5.74) is 0.168. The topological polar surface area (TPSA) is 91.1 Å². The number of pyridine rings is 1. The van der Waals surface area contributed by atoms with Crippen LogP contribution in [0.5, 0.6) is 11.8 Å². The molecule has 10 heteroatoms. The fourth-order valence-electron chi connectivity index (χ4n) is 2.73. The van der Waals surface area contributed by atoms with Crippen LogP contribution in [0.15, 0.2) is 41.3 Å². The maximum absolute atomic E-state index is 15.3. The van der Waals surface area contributed by atoms with E-state index in [9.17, 15) is 13.2 Å². The van der Waals surface area contributed by atoms with Gasteiger partial charge in [0.15, 0.2) is 21.4 Å². The van der Waals surface area contributed by atoms with E-state index in [-0.39, 0.29) is 34.3 Å². The molecule has 2 aromatic heterocycles. The highest BCUT2D eigenvalue weighted by atomic mass is 35.5. The molecular weight excluding hydrogens is 445 g/mol. The van der Waals surface area contributed by atoms with Gasteiger partial charge in [0.25, 0.3) is 0 Å². The highest BCUT2D eigenvalue weighted by Crippen LogP contribution is 2.33. The van der Waals surface area contributed by atoms with Crippen LogP contribution in [0.4, 0.5) is 4.39 Å². The number of hydrogen-bond donors (Lipinski definition) is 0. The zero-order chi connectivity index (χ0) is 22.9. The summed E-state index contributed by atoms with van der Waals surface area (Å²) in [6.45, 7) is 4.78.